The number of rotatable bonds is 3. The monoisotopic (exact) mass is 273 g/mol. The summed E-state index contributed by atoms with van der Waals surface area (Å²) in [7, 11) is 0. The van der Waals surface area contributed by atoms with Crippen molar-refractivity contribution in [1.29, 1.82) is 0 Å². The predicted molar refractivity (Wildman–Crippen MR) is 75.8 cm³/mol. The van der Waals surface area contributed by atoms with Gasteiger partial charge in [0.05, 0.1) is 0 Å². The van der Waals surface area contributed by atoms with Crippen molar-refractivity contribution < 1.29 is 9.13 Å². The molecule has 0 saturated carbocycles. The van der Waals surface area contributed by atoms with Crippen LogP contribution in [0.2, 0.25) is 0 Å². The molecule has 0 unspecified atom stereocenters. The number of ether oxygens (including phenoxy) is 1. The van der Waals surface area contributed by atoms with Crippen molar-refractivity contribution in [3.05, 3.63) is 35.6 Å². The Morgan fingerprint density at radius 3 is 2.90 bits per heavy atom. The molecule has 0 aliphatic carbocycles. The van der Waals surface area contributed by atoms with Gasteiger partial charge in [-0.3, -0.25) is 0 Å². The van der Waals surface area contributed by atoms with Crippen LogP contribution in [0.25, 0.3) is 0 Å². The molecule has 0 amide bonds. The fourth-order valence-corrected chi connectivity index (χ4v) is 1.97. The second-order valence-corrected chi connectivity index (χ2v) is 4.54. The van der Waals surface area contributed by atoms with Gasteiger partial charge in [0, 0.05) is 18.8 Å². The van der Waals surface area contributed by atoms with E-state index in [0.29, 0.717) is 12.4 Å². The third-order valence-electron chi connectivity index (χ3n) is 2.68. The van der Waals surface area contributed by atoms with Gasteiger partial charge in [0.15, 0.2) is 6.61 Å². The van der Waals surface area contributed by atoms with E-state index in [2.05, 4.69) is 27.9 Å². The van der Waals surface area contributed by atoms with Crippen LogP contribution in [0.15, 0.2) is 29.5 Å². The average molecular weight is 273 g/mol. The minimum atomic E-state index is -0.805. The predicted octanol–water partition coefficient (Wildman–Crippen LogP) is 2.69. The van der Waals surface area contributed by atoms with Crippen molar-refractivity contribution in [1.82, 2.24) is 9.97 Å². The SMILES string of the molecule is CC#CCOc1cc(N2C=C(C)C=C(C)C2)nc(F)n1. The summed E-state index contributed by atoms with van der Waals surface area (Å²) in [6.45, 7) is 6.57. The average Bonchev–Trinajstić information content (AvgIpc) is 2.37. The molecular weight excluding hydrogens is 257 g/mol. The molecule has 20 heavy (non-hydrogen) atoms. The number of hydrogen-bond donors (Lipinski definition) is 0. The first kappa shape index (κ1) is 14.1. The van der Waals surface area contributed by atoms with E-state index in [1.807, 2.05) is 24.9 Å². The smallest absolute Gasteiger partial charge is 0.313 e. The first-order valence-electron chi connectivity index (χ1n) is 6.27. The fraction of sp³-hybridized carbons (Fsp3) is 0.333. The van der Waals surface area contributed by atoms with Crippen molar-refractivity contribution in [2.45, 2.75) is 20.8 Å². The summed E-state index contributed by atoms with van der Waals surface area (Å²) in [6, 6.07) is 1.61. The molecule has 0 atom stereocenters. The highest BCUT2D eigenvalue weighted by Crippen LogP contribution is 2.22. The van der Waals surface area contributed by atoms with Crippen molar-refractivity contribution in [2.24, 2.45) is 0 Å². The number of aromatic nitrogens is 2. The quantitative estimate of drug-likeness (QED) is 0.627. The lowest BCUT2D eigenvalue weighted by atomic mass is 10.1. The van der Waals surface area contributed by atoms with Gasteiger partial charge < -0.3 is 9.64 Å². The molecule has 0 radical (unpaired) electrons. The van der Waals surface area contributed by atoms with E-state index in [0.717, 1.165) is 5.57 Å². The minimum absolute atomic E-state index is 0.181. The first-order valence-corrected chi connectivity index (χ1v) is 6.27. The molecule has 2 heterocycles. The molecule has 1 aliphatic rings. The van der Waals surface area contributed by atoms with Gasteiger partial charge in [0.1, 0.15) is 5.82 Å². The third-order valence-corrected chi connectivity index (χ3v) is 2.68. The lowest BCUT2D eigenvalue weighted by molar-refractivity contribution is 0.344. The van der Waals surface area contributed by atoms with Crippen LogP contribution in [0.4, 0.5) is 10.2 Å². The van der Waals surface area contributed by atoms with Crippen LogP contribution in [0, 0.1) is 17.9 Å². The Labute approximate surface area is 118 Å². The summed E-state index contributed by atoms with van der Waals surface area (Å²) in [6.07, 6.45) is 3.20. The normalized spacial score (nSPS) is 14.1. The Morgan fingerprint density at radius 1 is 1.40 bits per heavy atom. The molecule has 0 fully saturated rings. The second kappa shape index (κ2) is 6.20. The Hall–Kier alpha value is -2.35. The highest BCUT2D eigenvalue weighted by atomic mass is 19.1. The lowest BCUT2D eigenvalue weighted by Crippen LogP contribution is -2.23. The topological polar surface area (TPSA) is 38.2 Å². The Bertz CT molecular complexity index is 626. The summed E-state index contributed by atoms with van der Waals surface area (Å²) in [5.41, 5.74) is 2.27. The van der Waals surface area contributed by atoms with E-state index < -0.39 is 6.08 Å². The van der Waals surface area contributed by atoms with Gasteiger partial charge in [-0.2, -0.15) is 14.4 Å². The molecule has 1 aliphatic heterocycles. The maximum atomic E-state index is 13.5. The largest absolute Gasteiger partial charge is 0.464 e. The van der Waals surface area contributed by atoms with Gasteiger partial charge in [0.25, 0.3) is 0 Å². The Kier molecular flexibility index (Phi) is 4.36. The minimum Gasteiger partial charge on any atom is -0.464 e. The van der Waals surface area contributed by atoms with Gasteiger partial charge in [-0.25, -0.2) is 0 Å². The van der Waals surface area contributed by atoms with E-state index in [-0.39, 0.29) is 12.5 Å². The number of halogens is 1. The highest BCUT2D eigenvalue weighted by Gasteiger charge is 2.14. The van der Waals surface area contributed by atoms with Crippen molar-refractivity contribution in [3.8, 4) is 17.7 Å². The zero-order valence-corrected chi connectivity index (χ0v) is 11.8. The van der Waals surface area contributed by atoms with Crippen molar-refractivity contribution >= 4 is 5.82 Å². The van der Waals surface area contributed by atoms with Crippen molar-refractivity contribution in [3.63, 3.8) is 0 Å². The molecule has 0 spiro atoms. The second-order valence-electron chi connectivity index (χ2n) is 4.54. The Morgan fingerprint density at radius 2 is 2.20 bits per heavy atom. The molecule has 1 aromatic rings. The van der Waals surface area contributed by atoms with Crippen LogP contribution in [-0.4, -0.2) is 23.1 Å². The molecular formula is C15H16FN3O. The molecule has 5 heteroatoms. The van der Waals surface area contributed by atoms with Gasteiger partial charge in [-0.15, -0.1) is 5.92 Å². The zero-order valence-electron chi connectivity index (χ0n) is 11.8. The number of nitrogens with zero attached hydrogens (tertiary/aromatic N) is 3. The van der Waals surface area contributed by atoms with Crippen LogP contribution < -0.4 is 9.64 Å². The van der Waals surface area contributed by atoms with Gasteiger partial charge in [-0.1, -0.05) is 17.6 Å². The van der Waals surface area contributed by atoms with Crippen LogP contribution in [0.5, 0.6) is 5.88 Å². The van der Waals surface area contributed by atoms with Crippen LogP contribution >= 0.6 is 0 Å². The molecule has 0 N–H and O–H groups in total. The summed E-state index contributed by atoms with van der Waals surface area (Å²) in [5, 5.41) is 0. The van der Waals surface area contributed by atoms with E-state index in [9.17, 15) is 4.39 Å². The van der Waals surface area contributed by atoms with E-state index >= 15 is 0 Å². The van der Waals surface area contributed by atoms with E-state index in [1.165, 1.54) is 5.57 Å². The fourth-order valence-electron chi connectivity index (χ4n) is 1.97. The Balaban J connectivity index is 2.23. The molecule has 0 saturated heterocycles. The summed E-state index contributed by atoms with van der Waals surface area (Å²) < 4.78 is 18.8. The van der Waals surface area contributed by atoms with Crippen LogP contribution in [0.3, 0.4) is 0 Å². The summed E-state index contributed by atoms with van der Waals surface area (Å²) in [4.78, 5) is 9.29. The van der Waals surface area contributed by atoms with Crippen molar-refractivity contribution in [2.75, 3.05) is 18.1 Å². The van der Waals surface area contributed by atoms with E-state index in [4.69, 9.17) is 4.74 Å². The van der Waals surface area contributed by atoms with Crippen LogP contribution in [-0.2, 0) is 0 Å². The molecule has 2 rings (SSSR count). The molecule has 1 aromatic heterocycles. The maximum Gasteiger partial charge on any atom is 0.313 e. The first-order chi connectivity index (χ1) is 9.58. The zero-order chi connectivity index (χ0) is 14.5. The summed E-state index contributed by atoms with van der Waals surface area (Å²) in [5.74, 6) is 6.11. The van der Waals surface area contributed by atoms with Crippen LogP contribution in [0.1, 0.15) is 20.8 Å². The lowest BCUT2D eigenvalue weighted by Gasteiger charge is -2.24. The van der Waals surface area contributed by atoms with Gasteiger partial charge in [0.2, 0.25) is 5.88 Å². The number of anilines is 1. The standard InChI is InChI=1S/C15H16FN3O/c1-4-5-6-20-14-8-13(17-15(16)18-14)19-9-11(2)7-12(3)10-19/h7-9H,6,10H2,1-3H3. The summed E-state index contributed by atoms with van der Waals surface area (Å²) >= 11 is 0. The molecule has 104 valence electrons. The van der Waals surface area contributed by atoms with Gasteiger partial charge in [-0.05, 0) is 26.3 Å². The highest BCUT2D eigenvalue weighted by molar-refractivity contribution is 5.50. The maximum absolute atomic E-state index is 13.5. The molecule has 0 aromatic carbocycles. The number of allylic oxidation sites excluding steroid dienone is 2. The number of hydrogen-bond acceptors (Lipinski definition) is 4. The van der Waals surface area contributed by atoms with Gasteiger partial charge >= 0.3 is 6.08 Å². The molecule has 4 nitrogen and oxygen atoms in total. The van der Waals surface area contributed by atoms with E-state index in [1.54, 1.807) is 13.0 Å². The molecule has 0 bridgehead atoms. The third kappa shape index (κ3) is 3.58.